The minimum atomic E-state index is -0.224. The molecule has 0 aliphatic heterocycles. The molecule has 1 aromatic carbocycles. The summed E-state index contributed by atoms with van der Waals surface area (Å²) in [7, 11) is 0. The minimum absolute atomic E-state index is 0.0887. The van der Waals surface area contributed by atoms with Gasteiger partial charge in [0.25, 0.3) is 0 Å². The molecule has 0 spiro atoms. The lowest BCUT2D eigenvalue weighted by Crippen LogP contribution is -2.43. The van der Waals surface area contributed by atoms with Crippen LogP contribution in [0.15, 0.2) is 24.3 Å². The zero-order valence-corrected chi connectivity index (χ0v) is 10.9. The molecule has 0 unspecified atom stereocenters. The Labute approximate surface area is 112 Å². The minimum Gasteiger partial charge on any atom is -0.494 e. The number of ether oxygens (including phenoxy) is 1. The molecule has 0 aromatic heterocycles. The van der Waals surface area contributed by atoms with E-state index >= 15 is 0 Å². The summed E-state index contributed by atoms with van der Waals surface area (Å²) in [6, 6.07) is 7.34. The van der Waals surface area contributed by atoms with Gasteiger partial charge in [-0.3, -0.25) is 20.4 Å². The van der Waals surface area contributed by atoms with E-state index < -0.39 is 0 Å². The van der Waals surface area contributed by atoms with Crippen molar-refractivity contribution in [3.8, 4) is 5.75 Å². The number of amides is 2. The lowest BCUT2D eigenvalue weighted by atomic mass is 10.1. The molecular weight excluding hydrogens is 244 g/mol. The first-order valence-electron chi connectivity index (χ1n) is 6.49. The summed E-state index contributed by atoms with van der Waals surface area (Å²) in [5, 5.41) is 0. The Morgan fingerprint density at radius 1 is 1.21 bits per heavy atom. The summed E-state index contributed by atoms with van der Waals surface area (Å²) in [5.74, 6) is 0.553. The van der Waals surface area contributed by atoms with Crippen LogP contribution in [-0.2, 0) is 16.0 Å². The van der Waals surface area contributed by atoms with E-state index in [-0.39, 0.29) is 24.2 Å². The van der Waals surface area contributed by atoms with Crippen molar-refractivity contribution in [1.82, 2.24) is 10.9 Å². The predicted octanol–water partition coefficient (Wildman–Crippen LogP) is 1.19. The molecule has 2 N–H and O–H groups in total. The van der Waals surface area contributed by atoms with Gasteiger partial charge in [0, 0.05) is 5.92 Å². The van der Waals surface area contributed by atoms with E-state index in [0.29, 0.717) is 6.61 Å². The number of benzene rings is 1. The molecule has 1 aliphatic rings. The van der Waals surface area contributed by atoms with Crippen molar-refractivity contribution in [2.45, 2.75) is 26.2 Å². The van der Waals surface area contributed by atoms with Gasteiger partial charge in [-0.15, -0.1) is 0 Å². The van der Waals surface area contributed by atoms with E-state index in [2.05, 4.69) is 10.9 Å². The van der Waals surface area contributed by atoms with Crippen molar-refractivity contribution in [2.24, 2.45) is 5.92 Å². The maximum absolute atomic E-state index is 11.6. The van der Waals surface area contributed by atoms with E-state index in [1.165, 1.54) is 0 Å². The summed E-state index contributed by atoms with van der Waals surface area (Å²) < 4.78 is 5.32. The average molecular weight is 262 g/mol. The van der Waals surface area contributed by atoms with E-state index in [1.807, 2.05) is 31.2 Å². The fraction of sp³-hybridized carbons (Fsp3) is 0.429. The van der Waals surface area contributed by atoms with Crippen molar-refractivity contribution in [3.05, 3.63) is 29.8 Å². The molecule has 5 heteroatoms. The van der Waals surface area contributed by atoms with Crippen LogP contribution in [0.25, 0.3) is 0 Å². The third-order valence-electron chi connectivity index (χ3n) is 2.87. The second kappa shape index (κ2) is 6.22. The Kier molecular flexibility index (Phi) is 4.39. The van der Waals surface area contributed by atoms with E-state index in [1.54, 1.807) is 0 Å². The van der Waals surface area contributed by atoms with Crippen LogP contribution in [0.5, 0.6) is 5.75 Å². The smallest absolute Gasteiger partial charge is 0.242 e. The molecular formula is C14H18N2O3. The monoisotopic (exact) mass is 262 g/mol. The first-order valence-corrected chi connectivity index (χ1v) is 6.49. The molecule has 19 heavy (non-hydrogen) atoms. The van der Waals surface area contributed by atoms with Gasteiger partial charge in [0.05, 0.1) is 13.0 Å². The fourth-order valence-corrected chi connectivity index (χ4v) is 1.68. The Balaban J connectivity index is 1.76. The van der Waals surface area contributed by atoms with Gasteiger partial charge in [-0.2, -0.15) is 0 Å². The normalized spacial score (nSPS) is 13.7. The highest BCUT2D eigenvalue weighted by Crippen LogP contribution is 2.28. The van der Waals surface area contributed by atoms with E-state index in [4.69, 9.17) is 4.74 Å². The lowest BCUT2D eigenvalue weighted by Gasteiger charge is -2.07. The predicted molar refractivity (Wildman–Crippen MR) is 70.3 cm³/mol. The number of carbonyl (C=O) groups excluding carboxylic acids is 2. The van der Waals surface area contributed by atoms with Crippen LogP contribution in [0, 0.1) is 5.92 Å². The Morgan fingerprint density at radius 2 is 1.89 bits per heavy atom. The summed E-state index contributed by atoms with van der Waals surface area (Å²) >= 11 is 0. The summed E-state index contributed by atoms with van der Waals surface area (Å²) in [5.41, 5.74) is 5.73. The Hall–Kier alpha value is -2.04. The van der Waals surface area contributed by atoms with Gasteiger partial charge in [-0.05, 0) is 37.5 Å². The second-order valence-electron chi connectivity index (χ2n) is 4.57. The van der Waals surface area contributed by atoms with Crippen LogP contribution in [0.1, 0.15) is 25.3 Å². The number of hydrazine groups is 1. The van der Waals surface area contributed by atoms with Gasteiger partial charge >= 0.3 is 0 Å². The maximum atomic E-state index is 11.6. The molecule has 2 rings (SSSR count). The van der Waals surface area contributed by atoms with Crippen LogP contribution in [-0.4, -0.2) is 18.4 Å². The van der Waals surface area contributed by atoms with Crippen LogP contribution in [0.3, 0.4) is 0 Å². The highest BCUT2D eigenvalue weighted by atomic mass is 16.5. The first-order chi connectivity index (χ1) is 9.19. The SMILES string of the molecule is CCOc1ccc(CC(=O)NNC(=O)C2CC2)cc1. The molecule has 102 valence electrons. The van der Waals surface area contributed by atoms with Crippen molar-refractivity contribution in [1.29, 1.82) is 0 Å². The zero-order valence-electron chi connectivity index (χ0n) is 10.9. The van der Waals surface area contributed by atoms with Gasteiger partial charge in [0.2, 0.25) is 11.8 Å². The average Bonchev–Trinajstić information content (AvgIpc) is 3.23. The topological polar surface area (TPSA) is 67.4 Å². The Morgan fingerprint density at radius 3 is 2.47 bits per heavy atom. The van der Waals surface area contributed by atoms with Gasteiger partial charge in [-0.1, -0.05) is 12.1 Å². The molecule has 0 radical (unpaired) electrons. The molecule has 0 saturated heterocycles. The molecule has 0 heterocycles. The van der Waals surface area contributed by atoms with Gasteiger partial charge < -0.3 is 4.74 Å². The maximum Gasteiger partial charge on any atom is 0.242 e. The Bertz CT molecular complexity index is 452. The third-order valence-corrected chi connectivity index (χ3v) is 2.87. The molecule has 1 aromatic rings. The molecule has 1 saturated carbocycles. The van der Waals surface area contributed by atoms with Crippen molar-refractivity contribution in [3.63, 3.8) is 0 Å². The highest BCUT2D eigenvalue weighted by Gasteiger charge is 2.29. The summed E-state index contributed by atoms with van der Waals surface area (Å²) in [6.45, 7) is 2.54. The standard InChI is InChI=1S/C14H18N2O3/c1-2-19-12-7-3-10(4-8-12)9-13(17)15-16-14(18)11-5-6-11/h3-4,7-8,11H,2,5-6,9H2,1H3,(H,15,17)(H,16,18). The quantitative estimate of drug-likeness (QED) is 0.783. The van der Waals surface area contributed by atoms with Crippen molar-refractivity contribution < 1.29 is 14.3 Å². The number of hydrogen-bond acceptors (Lipinski definition) is 3. The molecule has 1 fully saturated rings. The third kappa shape index (κ3) is 4.28. The van der Waals surface area contributed by atoms with Crippen LogP contribution in [0.4, 0.5) is 0 Å². The molecule has 5 nitrogen and oxygen atoms in total. The van der Waals surface area contributed by atoms with Crippen LogP contribution in [0.2, 0.25) is 0 Å². The molecule has 0 atom stereocenters. The second-order valence-corrected chi connectivity index (χ2v) is 4.57. The zero-order chi connectivity index (χ0) is 13.7. The van der Waals surface area contributed by atoms with Crippen molar-refractivity contribution in [2.75, 3.05) is 6.61 Å². The largest absolute Gasteiger partial charge is 0.494 e. The number of hydrogen-bond donors (Lipinski definition) is 2. The fourth-order valence-electron chi connectivity index (χ4n) is 1.68. The van der Waals surface area contributed by atoms with Gasteiger partial charge in [0.15, 0.2) is 0 Å². The lowest BCUT2D eigenvalue weighted by molar-refractivity contribution is -0.129. The van der Waals surface area contributed by atoms with Crippen molar-refractivity contribution >= 4 is 11.8 Å². The number of rotatable bonds is 5. The van der Waals surface area contributed by atoms with Gasteiger partial charge in [0.1, 0.15) is 5.75 Å². The number of carbonyl (C=O) groups is 2. The van der Waals surface area contributed by atoms with Crippen LogP contribution < -0.4 is 15.6 Å². The van der Waals surface area contributed by atoms with Crippen LogP contribution >= 0.6 is 0 Å². The van der Waals surface area contributed by atoms with E-state index in [0.717, 1.165) is 24.2 Å². The number of nitrogens with one attached hydrogen (secondary N) is 2. The molecule has 2 amide bonds. The van der Waals surface area contributed by atoms with E-state index in [9.17, 15) is 9.59 Å². The molecule has 1 aliphatic carbocycles. The molecule has 0 bridgehead atoms. The summed E-state index contributed by atoms with van der Waals surface area (Å²) in [4.78, 5) is 22.9. The highest BCUT2D eigenvalue weighted by molar-refractivity contribution is 5.85. The summed E-state index contributed by atoms with van der Waals surface area (Å²) in [6.07, 6.45) is 2.07. The first kappa shape index (κ1) is 13.4. The van der Waals surface area contributed by atoms with Gasteiger partial charge in [-0.25, -0.2) is 0 Å².